The van der Waals surface area contributed by atoms with Crippen LogP contribution in [0, 0.1) is 5.41 Å². The summed E-state index contributed by atoms with van der Waals surface area (Å²) in [4.78, 5) is 31.3. The van der Waals surface area contributed by atoms with Crippen molar-refractivity contribution in [2.24, 2.45) is 5.41 Å². The van der Waals surface area contributed by atoms with Crippen molar-refractivity contribution >= 4 is 17.5 Å². The Morgan fingerprint density at radius 2 is 2.00 bits per heavy atom. The Bertz CT molecular complexity index is 830. The van der Waals surface area contributed by atoms with Crippen molar-refractivity contribution < 1.29 is 14.3 Å². The molecule has 2 amide bonds. The molecular formula is C22H27N3O3. The van der Waals surface area contributed by atoms with E-state index in [0.717, 1.165) is 6.42 Å². The number of carbonyl (C=O) groups is 2. The zero-order chi connectivity index (χ0) is 20.1. The molecule has 6 nitrogen and oxygen atoms in total. The fourth-order valence-electron chi connectivity index (χ4n) is 3.30. The van der Waals surface area contributed by atoms with Crippen molar-refractivity contribution in [2.75, 3.05) is 11.9 Å². The van der Waals surface area contributed by atoms with Crippen LogP contribution in [0.2, 0.25) is 0 Å². The van der Waals surface area contributed by atoms with Gasteiger partial charge in [-0.05, 0) is 42.5 Å². The molecule has 0 saturated carbocycles. The lowest BCUT2D eigenvalue weighted by Crippen LogP contribution is -2.44. The van der Waals surface area contributed by atoms with Crippen LogP contribution in [0.5, 0.6) is 11.5 Å². The monoisotopic (exact) mass is 381 g/mol. The highest BCUT2D eigenvalue weighted by molar-refractivity contribution is 5.98. The molecule has 1 N–H and O–H groups in total. The summed E-state index contributed by atoms with van der Waals surface area (Å²) in [6.07, 6.45) is 5.22. The number of para-hydroxylation sites is 2. The molecule has 6 heteroatoms. The molecule has 0 unspecified atom stereocenters. The first-order chi connectivity index (χ1) is 13.3. The van der Waals surface area contributed by atoms with Gasteiger partial charge >= 0.3 is 0 Å². The molecule has 2 heterocycles. The second-order valence-corrected chi connectivity index (χ2v) is 8.26. The minimum atomic E-state index is -0.443. The average molecular weight is 381 g/mol. The molecule has 3 rings (SSSR count). The second-order valence-electron chi connectivity index (χ2n) is 8.26. The third-order valence-electron chi connectivity index (χ3n) is 4.56. The molecule has 0 bridgehead atoms. The average Bonchev–Trinajstić information content (AvgIpc) is 3.13. The normalized spacial score (nSPS) is 16.7. The number of ether oxygens (including phenoxy) is 1. The first-order valence-electron chi connectivity index (χ1n) is 9.61. The maximum absolute atomic E-state index is 12.9. The van der Waals surface area contributed by atoms with E-state index in [4.69, 9.17) is 4.74 Å². The molecule has 1 aromatic heterocycles. The van der Waals surface area contributed by atoms with Gasteiger partial charge in [-0.25, -0.2) is 0 Å². The molecule has 1 aliphatic heterocycles. The fraction of sp³-hybridized carbons (Fsp3) is 0.409. The van der Waals surface area contributed by atoms with Gasteiger partial charge in [0.1, 0.15) is 11.8 Å². The minimum Gasteiger partial charge on any atom is -0.454 e. The molecule has 1 aromatic carbocycles. The van der Waals surface area contributed by atoms with Gasteiger partial charge in [0.25, 0.3) is 0 Å². The van der Waals surface area contributed by atoms with Gasteiger partial charge in [-0.1, -0.05) is 32.9 Å². The van der Waals surface area contributed by atoms with Gasteiger partial charge in [0.15, 0.2) is 5.75 Å². The SMILES string of the molecule is CC(C)(C)CC(=O)N1CCC[C@@H]1C(=O)Nc1ccccc1Oc1cccnc1. The summed E-state index contributed by atoms with van der Waals surface area (Å²) in [5, 5.41) is 2.94. The summed E-state index contributed by atoms with van der Waals surface area (Å²) in [5.74, 6) is 0.980. The van der Waals surface area contributed by atoms with Gasteiger partial charge in [0, 0.05) is 19.2 Å². The van der Waals surface area contributed by atoms with E-state index in [2.05, 4.69) is 10.3 Å². The smallest absolute Gasteiger partial charge is 0.247 e. The van der Waals surface area contributed by atoms with Crippen molar-refractivity contribution in [1.29, 1.82) is 0 Å². The first kappa shape index (κ1) is 19.9. The number of benzene rings is 1. The molecule has 1 atom stereocenters. The van der Waals surface area contributed by atoms with E-state index in [1.165, 1.54) is 0 Å². The molecule has 148 valence electrons. The van der Waals surface area contributed by atoms with Crippen LogP contribution in [-0.2, 0) is 9.59 Å². The van der Waals surface area contributed by atoms with E-state index in [1.54, 1.807) is 41.6 Å². The predicted octanol–water partition coefficient (Wildman–Crippen LogP) is 4.24. The van der Waals surface area contributed by atoms with Gasteiger partial charge in [-0.3, -0.25) is 14.6 Å². The fourth-order valence-corrected chi connectivity index (χ4v) is 3.30. The molecule has 0 spiro atoms. The molecule has 1 saturated heterocycles. The van der Waals surface area contributed by atoms with Crippen LogP contribution >= 0.6 is 0 Å². The maximum atomic E-state index is 12.9. The molecule has 28 heavy (non-hydrogen) atoms. The third kappa shape index (κ3) is 5.09. The summed E-state index contributed by atoms with van der Waals surface area (Å²) in [6, 6.07) is 10.4. The van der Waals surface area contributed by atoms with Gasteiger partial charge in [-0.2, -0.15) is 0 Å². The minimum absolute atomic E-state index is 0.0324. The molecular weight excluding hydrogens is 354 g/mol. The topological polar surface area (TPSA) is 71.5 Å². The number of likely N-dealkylation sites (tertiary alicyclic amines) is 1. The van der Waals surface area contributed by atoms with Crippen LogP contribution in [0.4, 0.5) is 5.69 Å². The van der Waals surface area contributed by atoms with Crippen molar-refractivity contribution in [2.45, 2.75) is 46.1 Å². The maximum Gasteiger partial charge on any atom is 0.247 e. The lowest BCUT2D eigenvalue weighted by Gasteiger charge is -2.27. The standard InChI is InChI=1S/C22H27N3O3/c1-22(2,3)14-20(26)25-13-7-10-18(25)21(27)24-17-9-4-5-11-19(17)28-16-8-6-12-23-15-16/h4-6,8-9,11-12,15,18H,7,10,13-14H2,1-3H3,(H,24,27)/t18-/m1/s1. The number of hydrogen-bond donors (Lipinski definition) is 1. The van der Waals surface area contributed by atoms with E-state index in [1.807, 2.05) is 32.9 Å². The number of rotatable bonds is 5. The van der Waals surface area contributed by atoms with Crippen LogP contribution in [-0.4, -0.2) is 34.3 Å². The lowest BCUT2D eigenvalue weighted by molar-refractivity contribution is -0.138. The van der Waals surface area contributed by atoms with E-state index in [9.17, 15) is 9.59 Å². The lowest BCUT2D eigenvalue weighted by atomic mass is 9.91. The third-order valence-corrected chi connectivity index (χ3v) is 4.56. The van der Waals surface area contributed by atoms with Gasteiger partial charge < -0.3 is 15.0 Å². The highest BCUT2D eigenvalue weighted by Gasteiger charge is 2.35. The number of aromatic nitrogens is 1. The molecule has 0 aliphatic carbocycles. The Labute approximate surface area is 165 Å². The van der Waals surface area contributed by atoms with Gasteiger partial charge in [0.05, 0.1) is 11.9 Å². The van der Waals surface area contributed by atoms with Crippen LogP contribution in [0.1, 0.15) is 40.0 Å². The predicted molar refractivity (Wildman–Crippen MR) is 108 cm³/mol. The van der Waals surface area contributed by atoms with Gasteiger partial charge in [0.2, 0.25) is 11.8 Å². The molecule has 1 aliphatic rings. The van der Waals surface area contributed by atoms with Crippen LogP contribution in [0.15, 0.2) is 48.8 Å². The molecule has 0 radical (unpaired) electrons. The summed E-state index contributed by atoms with van der Waals surface area (Å²) in [7, 11) is 0. The summed E-state index contributed by atoms with van der Waals surface area (Å²) in [5.41, 5.74) is 0.469. The van der Waals surface area contributed by atoms with Gasteiger partial charge in [-0.15, -0.1) is 0 Å². The van der Waals surface area contributed by atoms with E-state index >= 15 is 0 Å². The number of nitrogens with one attached hydrogen (secondary N) is 1. The zero-order valence-electron chi connectivity index (χ0n) is 16.6. The highest BCUT2D eigenvalue weighted by Crippen LogP contribution is 2.30. The van der Waals surface area contributed by atoms with Crippen LogP contribution < -0.4 is 10.1 Å². The quantitative estimate of drug-likeness (QED) is 0.841. The van der Waals surface area contributed by atoms with Crippen molar-refractivity contribution in [3.8, 4) is 11.5 Å². The van der Waals surface area contributed by atoms with E-state index in [-0.39, 0.29) is 17.2 Å². The second kappa shape index (κ2) is 8.42. The Balaban J connectivity index is 1.71. The van der Waals surface area contributed by atoms with E-state index in [0.29, 0.717) is 36.6 Å². The Hall–Kier alpha value is -2.89. The molecule has 1 fully saturated rings. The highest BCUT2D eigenvalue weighted by atomic mass is 16.5. The van der Waals surface area contributed by atoms with Crippen molar-refractivity contribution in [3.05, 3.63) is 48.8 Å². The summed E-state index contributed by atoms with van der Waals surface area (Å²) in [6.45, 7) is 6.72. The number of amides is 2. The largest absolute Gasteiger partial charge is 0.454 e. The van der Waals surface area contributed by atoms with Crippen molar-refractivity contribution in [3.63, 3.8) is 0 Å². The Morgan fingerprint density at radius 1 is 1.21 bits per heavy atom. The van der Waals surface area contributed by atoms with Crippen LogP contribution in [0.3, 0.4) is 0 Å². The molecule has 2 aromatic rings. The number of nitrogens with zero attached hydrogens (tertiary/aromatic N) is 2. The Kier molecular flexibility index (Phi) is 5.97. The zero-order valence-corrected chi connectivity index (χ0v) is 16.6. The van der Waals surface area contributed by atoms with Crippen molar-refractivity contribution in [1.82, 2.24) is 9.88 Å². The number of anilines is 1. The summed E-state index contributed by atoms with van der Waals surface area (Å²) >= 11 is 0. The van der Waals surface area contributed by atoms with Crippen LogP contribution in [0.25, 0.3) is 0 Å². The Morgan fingerprint density at radius 3 is 2.71 bits per heavy atom. The van der Waals surface area contributed by atoms with E-state index < -0.39 is 6.04 Å². The number of hydrogen-bond acceptors (Lipinski definition) is 4. The first-order valence-corrected chi connectivity index (χ1v) is 9.61. The number of carbonyl (C=O) groups excluding carboxylic acids is 2. The number of pyridine rings is 1. The summed E-state index contributed by atoms with van der Waals surface area (Å²) < 4.78 is 5.86.